The smallest absolute Gasteiger partial charge is 0.332 e. The topological polar surface area (TPSA) is 132 Å². The van der Waals surface area contributed by atoms with Gasteiger partial charge in [-0.3, -0.25) is 4.79 Å². The largest absolute Gasteiger partial charge is 0.350 e. The average Bonchev–Trinajstić information content (AvgIpc) is 2.68. The van der Waals surface area contributed by atoms with Gasteiger partial charge < -0.3 is 5.73 Å². The van der Waals surface area contributed by atoms with Crippen LogP contribution in [0.1, 0.15) is 23.0 Å². The van der Waals surface area contributed by atoms with E-state index in [1.54, 1.807) is 24.3 Å². The summed E-state index contributed by atoms with van der Waals surface area (Å²) in [5.74, 6) is -3.16. The summed E-state index contributed by atoms with van der Waals surface area (Å²) in [5, 5.41) is 23.8. The van der Waals surface area contributed by atoms with Gasteiger partial charge in [-0.05, 0) is 35.4 Å². The van der Waals surface area contributed by atoms with E-state index in [1.807, 2.05) is 17.6 Å². The summed E-state index contributed by atoms with van der Waals surface area (Å²) in [6.45, 7) is 0. The van der Waals surface area contributed by atoms with Crippen LogP contribution in [0, 0.1) is 22.7 Å². The third-order valence-electron chi connectivity index (χ3n) is 3.74. The van der Waals surface area contributed by atoms with Crippen LogP contribution in [0.25, 0.3) is 0 Å². The van der Waals surface area contributed by atoms with Crippen molar-refractivity contribution in [1.29, 1.82) is 10.5 Å². The summed E-state index contributed by atoms with van der Waals surface area (Å²) in [6, 6.07) is 15.2. The van der Waals surface area contributed by atoms with E-state index >= 15 is 0 Å². The molecule has 0 radical (unpaired) electrons. The van der Waals surface area contributed by atoms with E-state index in [1.165, 1.54) is 24.3 Å². The van der Waals surface area contributed by atoms with Gasteiger partial charge in [0, 0.05) is 10.0 Å². The molecule has 0 aromatic heterocycles. The maximum atomic E-state index is 13.1. The molecule has 0 saturated carbocycles. The van der Waals surface area contributed by atoms with Crippen molar-refractivity contribution in [3.05, 3.63) is 69.7 Å². The number of amides is 2. The second-order valence-electron chi connectivity index (χ2n) is 5.56. The maximum absolute atomic E-state index is 13.1. The Morgan fingerprint density at radius 2 is 1.32 bits per heavy atom. The van der Waals surface area contributed by atoms with E-state index in [0.717, 1.165) is 0 Å². The van der Waals surface area contributed by atoms with Gasteiger partial charge in [0.05, 0.1) is 12.1 Å². The number of Topliss-reactive ketones (excluding diaryl/α,β-unsaturated/α-hetero) is 1. The number of nitrogens with two attached hydrogens (primary N) is 1. The monoisotopic (exact) mass is 413 g/mol. The van der Waals surface area contributed by atoms with Crippen LogP contribution < -0.4 is 11.2 Å². The van der Waals surface area contributed by atoms with Gasteiger partial charge in [-0.1, -0.05) is 47.5 Å². The number of rotatable bonds is 6. The molecule has 0 fully saturated rings. The van der Waals surface area contributed by atoms with Crippen LogP contribution in [0.15, 0.2) is 53.6 Å². The van der Waals surface area contributed by atoms with Crippen LogP contribution in [0.5, 0.6) is 0 Å². The van der Waals surface area contributed by atoms with E-state index in [0.29, 0.717) is 21.2 Å². The molecule has 3 N–H and O–H groups in total. The molecule has 140 valence electrons. The minimum atomic E-state index is -1.26. The molecular formula is C19H13Cl2N5O2. The number of hydrazone groups is 1. The van der Waals surface area contributed by atoms with Gasteiger partial charge >= 0.3 is 6.03 Å². The number of hydrogen-bond donors (Lipinski definition) is 2. The SMILES string of the molecule is N#CC(C(=O)C(=NNC(N)=O)C(C#N)c1ccc(Cl)cc1)c1ccc(Cl)cc1. The van der Waals surface area contributed by atoms with Crippen molar-refractivity contribution in [1.82, 2.24) is 5.43 Å². The van der Waals surface area contributed by atoms with Gasteiger partial charge in [-0.15, -0.1) is 0 Å². The molecule has 2 atom stereocenters. The number of ketones is 1. The molecule has 0 spiro atoms. The maximum Gasteiger partial charge on any atom is 0.332 e. The first-order chi connectivity index (χ1) is 13.4. The average molecular weight is 414 g/mol. The van der Waals surface area contributed by atoms with Gasteiger partial charge in [-0.2, -0.15) is 15.6 Å². The fraction of sp³-hybridized carbons (Fsp3) is 0.105. The number of halogens is 2. The number of nitrogens with zero attached hydrogens (tertiary/aromatic N) is 3. The van der Waals surface area contributed by atoms with Crippen LogP contribution in [0.2, 0.25) is 10.0 Å². The van der Waals surface area contributed by atoms with E-state index in [9.17, 15) is 20.1 Å². The Morgan fingerprint density at radius 1 is 0.893 bits per heavy atom. The van der Waals surface area contributed by atoms with Gasteiger partial charge in [0.1, 0.15) is 17.5 Å². The number of nitriles is 2. The van der Waals surface area contributed by atoms with Crippen molar-refractivity contribution in [2.24, 2.45) is 10.8 Å². The molecule has 0 aliphatic rings. The van der Waals surface area contributed by atoms with Crippen LogP contribution in [0.3, 0.4) is 0 Å². The lowest BCUT2D eigenvalue weighted by Crippen LogP contribution is -2.32. The quantitative estimate of drug-likeness (QED) is 0.553. The van der Waals surface area contributed by atoms with Crippen molar-refractivity contribution in [3.8, 4) is 12.1 Å². The number of benzene rings is 2. The predicted molar refractivity (Wildman–Crippen MR) is 105 cm³/mol. The molecule has 0 aliphatic carbocycles. The lowest BCUT2D eigenvalue weighted by Gasteiger charge is -2.15. The first-order valence-corrected chi connectivity index (χ1v) is 8.60. The fourth-order valence-electron chi connectivity index (χ4n) is 2.41. The molecule has 0 heterocycles. The zero-order valence-electron chi connectivity index (χ0n) is 14.3. The van der Waals surface area contributed by atoms with Crippen molar-refractivity contribution < 1.29 is 9.59 Å². The standard InChI is InChI=1S/C19H13Cl2N5O2/c20-13-5-1-11(2-6-13)15(9-22)17(25-26-19(24)28)18(27)16(10-23)12-3-7-14(21)8-4-12/h1-8,15-16H,(H3,24,26,28). The lowest BCUT2D eigenvalue weighted by molar-refractivity contribution is -0.113. The Bertz CT molecular complexity index is 989. The van der Waals surface area contributed by atoms with E-state index in [4.69, 9.17) is 28.9 Å². The second kappa shape index (κ2) is 9.52. The van der Waals surface area contributed by atoms with Crippen LogP contribution >= 0.6 is 23.2 Å². The molecule has 0 saturated heterocycles. The van der Waals surface area contributed by atoms with Crippen molar-refractivity contribution in [2.75, 3.05) is 0 Å². The Kier molecular flexibility index (Phi) is 7.11. The highest BCUT2D eigenvalue weighted by molar-refractivity contribution is 6.45. The molecule has 2 aromatic carbocycles. The third-order valence-corrected chi connectivity index (χ3v) is 4.24. The number of primary amides is 1. The first-order valence-electron chi connectivity index (χ1n) is 7.84. The van der Waals surface area contributed by atoms with Crippen molar-refractivity contribution in [2.45, 2.75) is 11.8 Å². The number of carbonyl (C=O) groups excluding carboxylic acids is 2. The first kappa shape index (κ1) is 20.9. The molecule has 9 heteroatoms. The lowest BCUT2D eigenvalue weighted by atomic mass is 9.86. The highest BCUT2D eigenvalue weighted by Gasteiger charge is 2.32. The second-order valence-corrected chi connectivity index (χ2v) is 6.44. The van der Waals surface area contributed by atoms with Gasteiger partial charge in [0.15, 0.2) is 0 Å². The highest BCUT2D eigenvalue weighted by Crippen LogP contribution is 2.25. The summed E-state index contributed by atoms with van der Waals surface area (Å²) in [5.41, 5.74) is 7.45. The number of carbonyl (C=O) groups is 2. The summed E-state index contributed by atoms with van der Waals surface area (Å²) in [4.78, 5) is 24.1. The number of hydrogen-bond acceptors (Lipinski definition) is 5. The Morgan fingerprint density at radius 3 is 1.71 bits per heavy atom. The number of urea groups is 1. The van der Waals surface area contributed by atoms with Crippen molar-refractivity contribution >= 4 is 40.7 Å². The predicted octanol–water partition coefficient (Wildman–Crippen LogP) is 3.50. The highest BCUT2D eigenvalue weighted by atomic mass is 35.5. The number of nitrogens with one attached hydrogen (secondary N) is 1. The van der Waals surface area contributed by atoms with Gasteiger partial charge in [0.25, 0.3) is 0 Å². The molecule has 2 amide bonds. The minimum absolute atomic E-state index is 0.329. The minimum Gasteiger partial charge on any atom is -0.350 e. The fourth-order valence-corrected chi connectivity index (χ4v) is 2.67. The zero-order valence-corrected chi connectivity index (χ0v) is 15.8. The molecule has 2 aromatic rings. The molecule has 0 aliphatic heterocycles. The van der Waals surface area contributed by atoms with Crippen molar-refractivity contribution in [3.63, 3.8) is 0 Å². The molecule has 0 bridgehead atoms. The molecule has 28 heavy (non-hydrogen) atoms. The molecule has 2 rings (SSSR count). The van der Waals surface area contributed by atoms with Gasteiger partial charge in [-0.25, -0.2) is 10.2 Å². The van der Waals surface area contributed by atoms with Crippen LogP contribution in [0.4, 0.5) is 4.79 Å². The molecule has 7 nitrogen and oxygen atoms in total. The van der Waals surface area contributed by atoms with Crippen LogP contribution in [-0.4, -0.2) is 17.5 Å². The Balaban J connectivity index is 2.50. The Labute approximate surface area is 171 Å². The molecule has 2 unspecified atom stereocenters. The summed E-state index contributed by atoms with van der Waals surface area (Å²) >= 11 is 11.7. The third kappa shape index (κ3) is 5.08. The summed E-state index contributed by atoms with van der Waals surface area (Å²) in [7, 11) is 0. The van der Waals surface area contributed by atoms with Crippen LogP contribution in [-0.2, 0) is 4.79 Å². The Hall–Kier alpha value is -3.39. The van der Waals surface area contributed by atoms with E-state index in [-0.39, 0.29) is 5.71 Å². The van der Waals surface area contributed by atoms with Gasteiger partial charge in [0.2, 0.25) is 5.78 Å². The zero-order chi connectivity index (χ0) is 20.7. The normalized spacial score (nSPS) is 12.9. The van der Waals surface area contributed by atoms with E-state index < -0.39 is 23.7 Å². The summed E-state index contributed by atoms with van der Waals surface area (Å²) < 4.78 is 0. The molecular weight excluding hydrogens is 401 g/mol. The summed E-state index contributed by atoms with van der Waals surface area (Å²) in [6.07, 6.45) is 0. The van der Waals surface area contributed by atoms with E-state index in [2.05, 4.69) is 5.10 Å².